The third kappa shape index (κ3) is 2.68. The van der Waals surface area contributed by atoms with Crippen molar-refractivity contribution in [1.82, 2.24) is 14.7 Å². The fourth-order valence-electron chi connectivity index (χ4n) is 2.64. The maximum atomic E-state index is 12.2. The Labute approximate surface area is 123 Å². The normalized spacial score (nSPS) is 15.8. The van der Waals surface area contributed by atoms with Crippen LogP contribution in [0.5, 0.6) is 0 Å². The van der Waals surface area contributed by atoms with Crippen LogP contribution in [-0.4, -0.2) is 45.2 Å². The van der Waals surface area contributed by atoms with Crippen LogP contribution < -0.4 is 0 Å². The predicted octanol–water partition coefficient (Wildman–Crippen LogP) is 2.31. The second-order valence-corrected chi connectivity index (χ2v) is 6.29. The van der Waals surface area contributed by atoms with Crippen molar-refractivity contribution in [3.63, 3.8) is 0 Å². The molecule has 1 aromatic carbocycles. The Balaban J connectivity index is 1.69. The van der Waals surface area contributed by atoms with Crippen molar-refractivity contribution in [3.8, 4) is 0 Å². The lowest BCUT2D eigenvalue weighted by atomic mass is 10.2. The van der Waals surface area contributed by atoms with Gasteiger partial charge in [-0.2, -0.15) is 16.9 Å². The number of amides is 1. The Hall–Kier alpha value is -1.49. The SMILES string of the molecule is Cc1nn(CCC(=O)N2CCSCC2)c2ccccc12. The Morgan fingerprint density at radius 1 is 1.30 bits per heavy atom. The summed E-state index contributed by atoms with van der Waals surface area (Å²) in [6.07, 6.45) is 0.537. The van der Waals surface area contributed by atoms with Gasteiger partial charge < -0.3 is 4.90 Å². The molecule has 3 rings (SSSR count). The molecule has 4 nitrogen and oxygen atoms in total. The highest BCUT2D eigenvalue weighted by Gasteiger charge is 2.17. The standard InChI is InChI=1S/C15H19N3OS/c1-12-13-4-2-3-5-14(13)18(16-12)7-6-15(19)17-8-10-20-11-9-17/h2-5H,6-11H2,1H3. The van der Waals surface area contributed by atoms with Crippen LogP contribution in [0.4, 0.5) is 0 Å². The number of hydrogen-bond acceptors (Lipinski definition) is 3. The van der Waals surface area contributed by atoms with E-state index in [2.05, 4.69) is 17.2 Å². The van der Waals surface area contributed by atoms with Gasteiger partial charge >= 0.3 is 0 Å². The summed E-state index contributed by atoms with van der Waals surface area (Å²) in [5.74, 6) is 2.38. The van der Waals surface area contributed by atoms with Crippen LogP contribution in [0.15, 0.2) is 24.3 Å². The number of benzene rings is 1. The minimum absolute atomic E-state index is 0.252. The van der Waals surface area contributed by atoms with Crippen molar-refractivity contribution in [1.29, 1.82) is 0 Å². The summed E-state index contributed by atoms with van der Waals surface area (Å²) >= 11 is 1.92. The van der Waals surface area contributed by atoms with E-state index in [0.29, 0.717) is 13.0 Å². The molecule has 1 fully saturated rings. The minimum atomic E-state index is 0.252. The van der Waals surface area contributed by atoms with Crippen molar-refractivity contribution in [2.24, 2.45) is 0 Å². The molecule has 0 spiro atoms. The summed E-state index contributed by atoms with van der Waals surface area (Å²) in [5, 5.41) is 5.72. The molecule has 2 aromatic rings. The summed E-state index contributed by atoms with van der Waals surface area (Å²) < 4.78 is 1.96. The van der Waals surface area contributed by atoms with E-state index in [4.69, 9.17) is 0 Å². The molecular formula is C15H19N3OS. The number of aryl methyl sites for hydroxylation is 2. The van der Waals surface area contributed by atoms with Gasteiger partial charge in [0.05, 0.1) is 17.8 Å². The van der Waals surface area contributed by atoms with Crippen molar-refractivity contribution in [2.45, 2.75) is 19.9 Å². The van der Waals surface area contributed by atoms with Gasteiger partial charge in [-0.3, -0.25) is 9.48 Å². The summed E-state index contributed by atoms with van der Waals surface area (Å²) in [5.41, 5.74) is 2.15. The number of carbonyl (C=O) groups is 1. The number of para-hydroxylation sites is 1. The molecule has 1 amide bonds. The van der Waals surface area contributed by atoms with Gasteiger partial charge in [0.15, 0.2) is 0 Å². The van der Waals surface area contributed by atoms with E-state index >= 15 is 0 Å². The monoisotopic (exact) mass is 289 g/mol. The van der Waals surface area contributed by atoms with Crippen molar-refractivity contribution in [2.75, 3.05) is 24.6 Å². The van der Waals surface area contributed by atoms with Gasteiger partial charge in [-0.05, 0) is 13.0 Å². The molecule has 1 saturated heterocycles. The summed E-state index contributed by atoms with van der Waals surface area (Å²) in [7, 11) is 0. The maximum Gasteiger partial charge on any atom is 0.224 e. The van der Waals surface area contributed by atoms with Gasteiger partial charge in [-0.25, -0.2) is 0 Å². The first kappa shape index (κ1) is 13.5. The zero-order valence-electron chi connectivity index (χ0n) is 11.7. The van der Waals surface area contributed by atoms with E-state index in [0.717, 1.165) is 35.8 Å². The van der Waals surface area contributed by atoms with Gasteiger partial charge in [-0.1, -0.05) is 18.2 Å². The smallest absolute Gasteiger partial charge is 0.224 e. The van der Waals surface area contributed by atoms with Crippen molar-refractivity contribution in [3.05, 3.63) is 30.0 Å². The zero-order valence-corrected chi connectivity index (χ0v) is 12.5. The molecule has 0 bridgehead atoms. The van der Waals surface area contributed by atoms with E-state index in [-0.39, 0.29) is 5.91 Å². The molecule has 0 unspecified atom stereocenters. The molecule has 0 saturated carbocycles. The van der Waals surface area contributed by atoms with Crippen LogP contribution in [0.25, 0.3) is 10.9 Å². The highest BCUT2D eigenvalue weighted by Crippen LogP contribution is 2.18. The lowest BCUT2D eigenvalue weighted by Gasteiger charge is -2.26. The van der Waals surface area contributed by atoms with Gasteiger partial charge in [0.1, 0.15) is 0 Å². The molecule has 0 aliphatic carbocycles. The second-order valence-electron chi connectivity index (χ2n) is 5.07. The Morgan fingerprint density at radius 2 is 2.05 bits per heavy atom. The van der Waals surface area contributed by atoms with Crippen molar-refractivity contribution < 1.29 is 4.79 Å². The van der Waals surface area contributed by atoms with Crippen LogP contribution in [0, 0.1) is 6.92 Å². The number of nitrogens with zero attached hydrogens (tertiary/aromatic N) is 3. The zero-order chi connectivity index (χ0) is 13.9. The highest BCUT2D eigenvalue weighted by atomic mass is 32.2. The largest absolute Gasteiger partial charge is 0.341 e. The Kier molecular flexibility index (Phi) is 3.96. The fourth-order valence-corrected chi connectivity index (χ4v) is 3.54. The number of rotatable bonds is 3. The molecular weight excluding hydrogens is 270 g/mol. The fraction of sp³-hybridized carbons (Fsp3) is 0.467. The molecule has 1 aromatic heterocycles. The first-order chi connectivity index (χ1) is 9.75. The van der Waals surface area contributed by atoms with Gasteiger partial charge in [-0.15, -0.1) is 0 Å². The van der Waals surface area contributed by atoms with Crippen molar-refractivity contribution >= 4 is 28.6 Å². The quantitative estimate of drug-likeness (QED) is 0.870. The Bertz CT molecular complexity index is 617. The summed E-state index contributed by atoms with van der Waals surface area (Å²) in [6.45, 7) is 4.46. The van der Waals surface area contributed by atoms with Crippen LogP contribution in [0.3, 0.4) is 0 Å². The minimum Gasteiger partial charge on any atom is -0.341 e. The number of hydrogen-bond donors (Lipinski definition) is 0. The lowest BCUT2D eigenvalue weighted by Crippen LogP contribution is -2.38. The third-order valence-electron chi connectivity index (χ3n) is 3.74. The number of fused-ring (bicyclic) bond motifs is 1. The Morgan fingerprint density at radius 3 is 2.85 bits per heavy atom. The van der Waals surface area contributed by atoms with Gasteiger partial charge in [0.2, 0.25) is 5.91 Å². The summed E-state index contributed by atoms with van der Waals surface area (Å²) in [4.78, 5) is 14.2. The first-order valence-electron chi connectivity index (χ1n) is 7.03. The summed E-state index contributed by atoms with van der Waals surface area (Å²) in [6, 6.07) is 8.19. The van der Waals surface area contributed by atoms with Crippen LogP contribution in [0.1, 0.15) is 12.1 Å². The molecule has 0 atom stereocenters. The van der Waals surface area contributed by atoms with E-state index in [1.807, 2.05) is 40.4 Å². The number of aromatic nitrogens is 2. The van der Waals surface area contributed by atoms with Crippen LogP contribution >= 0.6 is 11.8 Å². The molecule has 5 heteroatoms. The van der Waals surface area contributed by atoms with Crippen LogP contribution in [0.2, 0.25) is 0 Å². The molecule has 1 aliphatic rings. The van der Waals surface area contributed by atoms with E-state index in [9.17, 15) is 4.79 Å². The average molecular weight is 289 g/mol. The first-order valence-corrected chi connectivity index (χ1v) is 8.19. The molecule has 106 valence electrons. The average Bonchev–Trinajstić information content (AvgIpc) is 2.83. The predicted molar refractivity (Wildman–Crippen MR) is 83.0 cm³/mol. The van der Waals surface area contributed by atoms with Crippen LogP contribution in [-0.2, 0) is 11.3 Å². The lowest BCUT2D eigenvalue weighted by molar-refractivity contribution is -0.131. The maximum absolute atomic E-state index is 12.2. The van der Waals surface area contributed by atoms with E-state index in [1.54, 1.807) is 0 Å². The molecule has 2 heterocycles. The molecule has 0 radical (unpaired) electrons. The van der Waals surface area contributed by atoms with E-state index in [1.165, 1.54) is 5.39 Å². The molecule has 20 heavy (non-hydrogen) atoms. The third-order valence-corrected chi connectivity index (χ3v) is 4.69. The number of thioether (sulfide) groups is 1. The molecule has 0 N–H and O–H groups in total. The second kappa shape index (κ2) is 5.87. The molecule has 1 aliphatic heterocycles. The topological polar surface area (TPSA) is 38.1 Å². The number of carbonyl (C=O) groups excluding carboxylic acids is 1. The highest BCUT2D eigenvalue weighted by molar-refractivity contribution is 7.99. The van der Waals surface area contributed by atoms with Gasteiger partial charge in [0.25, 0.3) is 0 Å². The van der Waals surface area contributed by atoms with E-state index < -0.39 is 0 Å². The van der Waals surface area contributed by atoms with Gasteiger partial charge in [0, 0.05) is 36.4 Å².